The summed E-state index contributed by atoms with van der Waals surface area (Å²) in [7, 11) is 0. The number of amides is 2. The third kappa shape index (κ3) is 5.00. The second kappa shape index (κ2) is 9.08. The Kier molecular flexibility index (Phi) is 6.31. The summed E-state index contributed by atoms with van der Waals surface area (Å²) in [6.45, 7) is 0.896. The highest BCUT2D eigenvalue weighted by molar-refractivity contribution is 8.18. The lowest BCUT2D eigenvalue weighted by atomic mass is 10.2. The molecule has 3 rings (SSSR count). The van der Waals surface area contributed by atoms with Gasteiger partial charge in [-0.15, -0.1) is 6.42 Å². The van der Waals surface area contributed by atoms with Crippen molar-refractivity contribution < 1.29 is 14.3 Å². The van der Waals surface area contributed by atoms with Gasteiger partial charge < -0.3 is 4.74 Å². The number of carbonyl (C=O) groups excluding carboxylic acids is 2. The average Bonchev–Trinajstić information content (AvgIpc) is 2.96. The van der Waals surface area contributed by atoms with Crippen molar-refractivity contribution in [3.63, 3.8) is 0 Å². The van der Waals surface area contributed by atoms with Crippen molar-refractivity contribution >= 4 is 29.0 Å². The third-order valence-corrected chi connectivity index (χ3v) is 4.70. The quantitative estimate of drug-likeness (QED) is 0.454. The van der Waals surface area contributed by atoms with Crippen LogP contribution in [-0.4, -0.2) is 29.3 Å². The van der Waals surface area contributed by atoms with E-state index in [9.17, 15) is 9.59 Å². The first-order valence-electron chi connectivity index (χ1n) is 8.34. The molecule has 0 saturated carbocycles. The summed E-state index contributed by atoms with van der Waals surface area (Å²) >= 11 is 0.922. The van der Waals surface area contributed by atoms with Crippen LogP contribution in [-0.2, 0) is 11.4 Å². The molecule has 1 aliphatic rings. The van der Waals surface area contributed by atoms with Gasteiger partial charge in [0.1, 0.15) is 12.4 Å². The molecule has 27 heavy (non-hydrogen) atoms. The van der Waals surface area contributed by atoms with Crippen LogP contribution in [0.5, 0.6) is 5.75 Å². The van der Waals surface area contributed by atoms with E-state index in [1.807, 2.05) is 54.6 Å². The van der Waals surface area contributed by atoms with Gasteiger partial charge in [0.15, 0.2) is 0 Å². The van der Waals surface area contributed by atoms with Gasteiger partial charge in [0.25, 0.3) is 11.1 Å². The van der Waals surface area contributed by atoms with Crippen molar-refractivity contribution in [1.29, 1.82) is 0 Å². The van der Waals surface area contributed by atoms with Crippen LogP contribution in [0.2, 0.25) is 0 Å². The van der Waals surface area contributed by atoms with Gasteiger partial charge in [-0.05, 0) is 41.1 Å². The molecule has 0 radical (unpaired) electrons. The molecule has 136 valence electrons. The predicted molar refractivity (Wildman–Crippen MR) is 107 cm³/mol. The number of nitrogens with one attached hydrogen (secondary N) is 1. The minimum Gasteiger partial charge on any atom is -0.489 e. The van der Waals surface area contributed by atoms with Crippen molar-refractivity contribution in [3.8, 4) is 18.1 Å². The smallest absolute Gasteiger partial charge is 0.294 e. The molecule has 2 aromatic rings. The molecule has 2 aromatic carbocycles. The lowest BCUT2D eigenvalue weighted by Crippen LogP contribution is -2.37. The minimum absolute atomic E-state index is 0.110. The van der Waals surface area contributed by atoms with Crippen LogP contribution in [0, 0.1) is 12.3 Å². The summed E-state index contributed by atoms with van der Waals surface area (Å²) in [6, 6.07) is 17.3. The van der Waals surface area contributed by atoms with Crippen LogP contribution in [0.3, 0.4) is 0 Å². The first kappa shape index (κ1) is 18.8. The van der Waals surface area contributed by atoms with Crippen LogP contribution in [0.15, 0.2) is 59.5 Å². The van der Waals surface area contributed by atoms with Crippen LogP contribution >= 0.6 is 11.8 Å². The number of benzene rings is 2. The first-order valence-corrected chi connectivity index (χ1v) is 9.15. The number of imide groups is 1. The number of terminal acetylenes is 1. The number of hydrogen-bond acceptors (Lipinski definition) is 5. The Bertz CT molecular complexity index is 886. The van der Waals surface area contributed by atoms with E-state index in [1.54, 1.807) is 6.08 Å². The summed E-state index contributed by atoms with van der Waals surface area (Å²) in [5.41, 5.74) is 1.91. The molecule has 0 atom stereocenters. The van der Waals surface area contributed by atoms with Crippen molar-refractivity contribution in [2.75, 3.05) is 13.2 Å². The van der Waals surface area contributed by atoms with Crippen LogP contribution in [0.1, 0.15) is 11.1 Å². The molecule has 0 aliphatic carbocycles. The lowest BCUT2D eigenvalue weighted by Gasteiger charge is -2.11. The highest BCUT2D eigenvalue weighted by Crippen LogP contribution is 2.32. The van der Waals surface area contributed by atoms with E-state index in [4.69, 9.17) is 11.2 Å². The normalized spacial score (nSPS) is 15.2. The van der Waals surface area contributed by atoms with Crippen LogP contribution in [0.25, 0.3) is 6.08 Å². The number of ether oxygens (including phenoxy) is 1. The molecule has 0 unspecified atom stereocenters. The fraction of sp³-hybridized carbons (Fsp3) is 0.143. The maximum absolute atomic E-state index is 12.3. The number of thioether (sulfide) groups is 1. The molecule has 0 aromatic heterocycles. The van der Waals surface area contributed by atoms with Crippen molar-refractivity contribution in [3.05, 3.63) is 70.6 Å². The Hall–Kier alpha value is -3.01. The standard InChI is InChI=1S/C21H18N2O3S/c1-2-12-22-15-23-20(24)19(27-21(23)25)13-16-8-10-18(11-9-16)26-14-17-6-4-3-5-7-17/h1,3-11,13,22H,12,14-15H2/b19-13+. The first-order chi connectivity index (χ1) is 13.2. The SMILES string of the molecule is C#CCNCN1C(=O)S/C(=C/c2ccc(OCc3ccccc3)cc2)C1=O. The highest BCUT2D eigenvalue weighted by atomic mass is 32.2. The number of rotatable bonds is 7. The zero-order chi connectivity index (χ0) is 19.1. The average molecular weight is 378 g/mol. The summed E-state index contributed by atoms with van der Waals surface area (Å²) < 4.78 is 5.75. The van der Waals surface area contributed by atoms with Gasteiger partial charge in [-0.2, -0.15) is 0 Å². The van der Waals surface area contributed by atoms with E-state index in [-0.39, 0.29) is 17.8 Å². The van der Waals surface area contributed by atoms with Gasteiger partial charge in [-0.25, -0.2) is 0 Å². The maximum Gasteiger partial charge on any atom is 0.294 e. The molecule has 1 saturated heterocycles. The second-order valence-corrected chi connectivity index (χ2v) is 6.74. The van der Waals surface area contributed by atoms with Gasteiger partial charge >= 0.3 is 0 Å². The van der Waals surface area contributed by atoms with Gasteiger partial charge in [0.2, 0.25) is 0 Å². The molecule has 6 heteroatoms. The topological polar surface area (TPSA) is 58.6 Å². The van der Waals surface area contributed by atoms with Gasteiger partial charge in [0.05, 0.1) is 18.1 Å². The van der Waals surface area contributed by atoms with E-state index >= 15 is 0 Å². The monoisotopic (exact) mass is 378 g/mol. The number of nitrogens with zero attached hydrogens (tertiary/aromatic N) is 1. The third-order valence-electron chi connectivity index (χ3n) is 3.80. The fourth-order valence-electron chi connectivity index (χ4n) is 2.43. The molecule has 1 fully saturated rings. The Morgan fingerprint density at radius 3 is 2.56 bits per heavy atom. The molecule has 1 aliphatic heterocycles. The highest BCUT2D eigenvalue weighted by Gasteiger charge is 2.34. The summed E-state index contributed by atoms with van der Waals surface area (Å²) in [6.07, 6.45) is 6.85. The largest absolute Gasteiger partial charge is 0.489 e. The number of hydrogen-bond donors (Lipinski definition) is 1. The Labute approximate surface area is 162 Å². The summed E-state index contributed by atoms with van der Waals surface area (Å²) in [4.78, 5) is 25.8. The van der Waals surface area contributed by atoms with Crippen LogP contribution in [0.4, 0.5) is 4.79 Å². The van der Waals surface area contributed by atoms with E-state index in [0.717, 1.165) is 33.5 Å². The van der Waals surface area contributed by atoms with Gasteiger partial charge in [-0.1, -0.05) is 48.4 Å². The van der Waals surface area contributed by atoms with E-state index in [0.29, 0.717) is 18.1 Å². The second-order valence-electron chi connectivity index (χ2n) is 5.74. The van der Waals surface area contributed by atoms with Crippen molar-refractivity contribution in [2.45, 2.75) is 6.61 Å². The van der Waals surface area contributed by atoms with E-state index in [1.165, 1.54) is 0 Å². The Balaban J connectivity index is 1.61. The zero-order valence-electron chi connectivity index (χ0n) is 14.6. The Morgan fingerprint density at radius 2 is 1.85 bits per heavy atom. The zero-order valence-corrected chi connectivity index (χ0v) is 15.4. The molecule has 1 heterocycles. The molecule has 0 bridgehead atoms. The van der Waals surface area contributed by atoms with E-state index in [2.05, 4.69) is 11.2 Å². The Morgan fingerprint density at radius 1 is 1.11 bits per heavy atom. The fourth-order valence-corrected chi connectivity index (χ4v) is 3.27. The molecule has 5 nitrogen and oxygen atoms in total. The minimum atomic E-state index is -0.320. The van der Waals surface area contributed by atoms with Crippen molar-refractivity contribution in [1.82, 2.24) is 10.2 Å². The summed E-state index contributed by atoms with van der Waals surface area (Å²) in [5, 5.41) is 2.54. The molecular weight excluding hydrogens is 360 g/mol. The summed E-state index contributed by atoms with van der Waals surface area (Å²) in [5.74, 6) is 2.82. The van der Waals surface area contributed by atoms with Gasteiger partial charge in [-0.3, -0.25) is 19.8 Å². The molecule has 1 N–H and O–H groups in total. The van der Waals surface area contributed by atoms with Crippen LogP contribution < -0.4 is 10.1 Å². The predicted octanol–water partition coefficient (Wildman–Crippen LogP) is 3.48. The molecule has 0 spiro atoms. The van der Waals surface area contributed by atoms with Gasteiger partial charge in [0, 0.05) is 0 Å². The lowest BCUT2D eigenvalue weighted by molar-refractivity contribution is -0.122. The molecule has 2 amide bonds. The number of carbonyl (C=O) groups is 2. The van der Waals surface area contributed by atoms with E-state index < -0.39 is 0 Å². The van der Waals surface area contributed by atoms with Crippen molar-refractivity contribution in [2.24, 2.45) is 0 Å². The maximum atomic E-state index is 12.3. The molecular formula is C21H18N2O3S.